The van der Waals surface area contributed by atoms with Crippen LogP contribution in [0.5, 0.6) is 0 Å². The monoisotopic (exact) mass is 226 g/mol. The molecule has 0 aromatic carbocycles. The summed E-state index contributed by atoms with van der Waals surface area (Å²) in [5.74, 6) is -1.80. The van der Waals surface area contributed by atoms with Gasteiger partial charge in [0.1, 0.15) is 0 Å². The van der Waals surface area contributed by atoms with E-state index in [0.29, 0.717) is 13.1 Å². The quantitative estimate of drug-likeness (QED) is 0.689. The Labute approximate surface area is 94.6 Å². The summed E-state index contributed by atoms with van der Waals surface area (Å²) in [5.41, 5.74) is 5.33. The average Bonchev–Trinajstić information content (AvgIpc) is 2.54. The number of carbonyl (C=O) groups excluding carboxylic acids is 1. The van der Waals surface area contributed by atoms with Crippen LogP contribution >= 0.6 is 0 Å². The van der Waals surface area contributed by atoms with Crippen LogP contribution in [0.2, 0.25) is 0 Å². The maximum atomic E-state index is 12.1. The maximum Gasteiger partial charge on any atom is 0.307 e. The lowest BCUT2D eigenvalue weighted by Crippen LogP contribution is -2.34. The lowest BCUT2D eigenvalue weighted by molar-refractivity contribution is -0.141. The Hall–Kier alpha value is -1.10. The van der Waals surface area contributed by atoms with E-state index < -0.39 is 17.3 Å². The van der Waals surface area contributed by atoms with Gasteiger partial charge in [-0.05, 0) is 11.8 Å². The molecular weight excluding hydrogens is 208 g/mol. The van der Waals surface area contributed by atoms with Crippen molar-refractivity contribution < 1.29 is 14.7 Å². The van der Waals surface area contributed by atoms with Crippen molar-refractivity contribution in [2.24, 2.45) is 23.0 Å². The van der Waals surface area contributed by atoms with Crippen LogP contribution in [-0.4, -0.2) is 41.0 Å². The molecule has 2 rings (SSSR count). The minimum Gasteiger partial charge on any atom is -0.481 e. The van der Waals surface area contributed by atoms with Crippen LogP contribution in [0.1, 0.15) is 20.3 Å². The number of hydrogen-bond donors (Lipinski definition) is 2. The molecule has 90 valence electrons. The SMILES string of the molecule is CC1(C)[C@H](C(=O)O)[C@@H]1C(=O)N1CCC(N)C1. The Morgan fingerprint density at radius 2 is 2.00 bits per heavy atom. The molecule has 0 bridgehead atoms. The second-order valence-corrected chi connectivity index (χ2v) is 5.45. The van der Waals surface area contributed by atoms with Crippen LogP contribution in [-0.2, 0) is 9.59 Å². The summed E-state index contributed by atoms with van der Waals surface area (Å²) in [7, 11) is 0. The number of carbonyl (C=O) groups is 2. The van der Waals surface area contributed by atoms with Crippen LogP contribution in [0.15, 0.2) is 0 Å². The molecule has 1 aliphatic carbocycles. The van der Waals surface area contributed by atoms with Gasteiger partial charge < -0.3 is 15.7 Å². The topological polar surface area (TPSA) is 83.6 Å². The molecule has 0 aromatic heterocycles. The minimum absolute atomic E-state index is 0.0367. The van der Waals surface area contributed by atoms with E-state index in [1.54, 1.807) is 4.90 Å². The number of carboxylic acid groups (broad SMARTS) is 1. The lowest BCUT2D eigenvalue weighted by atomic mass is 10.1. The third-order valence-corrected chi connectivity index (χ3v) is 3.90. The van der Waals surface area contributed by atoms with E-state index in [4.69, 9.17) is 10.8 Å². The van der Waals surface area contributed by atoms with Crippen molar-refractivity contribution in [2.75, 3.05) is 13.1 Å². The van der Waals surface area contributed by atoms with Gasteiger partial charge in [-0.3, -0.25) is 9.59 Å². The molecule has 1 saturated carbocycles. The van der Waals surface area contributed by atoms with Crippen LogP contribution in [0.4, 0.5) is 0 Å². The number of carboxylic acids is 1. The van der Waals surface area contributed by atoms with Gasteiger partial charge >= 0.3 is 5.97 Å². The summed E-state index contributed by atoms with van der Waals surface area (Å²) in [6.45, 7) is 4.91. The van der Waals surface area contributed by atoms with E-state index in [9.17, 15) is 9.59 Å². The molecular formula is C11H18N2O3. The van der Waals surface area contributed by atoms with Crippen molar-refractivity contribution >= 4 is 11.9 Å². The van der Waals surface area contributed by atoms with Crippen molar-refractivity contribution in [2.45, 2.75) is 26.3 Å². The lowest BCUT2D eigenvalue weighted by Gasteiger charge is -2.16. The highest BCUT2D eigenvalue weighted by molar-refractivity contribution is 5.91. The van der Waals surface area contributed by atoms with Crippen molar-refractivity contribution in [3.8, 4) is 0 Å². The van der Waals surface area contributed by atoms with Gasteiger partial charge in [-0.2, -0.15) is 0 Å². The molecule has 2 fully saturated rings. The summed E-state index contributed by atoms with van der Waals surface area (Å²) in [6.07, 6.45) is 0.816. The second-order valence-electron chi connectivity index (χ2n) is 5.45. The van der Waals surface area contributed by atoms with E-state index in [1.807, 2.05) is 13.8 Å². The molecule has 1 unspecified atom stereocenters. The molecule has 0 spiro atoms. The standard InChI is InChI=1S/C11H18N2O3/c1-11(2)7(8(11)10(15)16)9(14)13-4-3-6(12)5-13/h6-8H,3-5,12H2,1-2H3,(H,15,16)/t6?,7-,8+/m1/s1. The van der Waals surface area contributed by atoms with Crippen LogP contribution in [0, 0.1) is 17.3 Å². The molecule has 1 saturated heterocycles. The van der Waals surface area contributed by atoms with Crippen molar-refractivity contribution in [3.05, 3.63) is 0 Å². The van der Waals surface area contributed by atoms with Crippen LogP contribution in [0.3, 0.4) is 0 Å². The fourth-order valence-electron chi connectivity index (χ4n) is 2.74. The first-order chi connectivity index (χ1) is 7.35. The van der Waals surface area contributed by atoms with Gasteiger partial charge in [0, 0.05) is 19.1 Å². The van der Waals surface area contributed by atoms with Gasteiger partial charge in [0.05, 0.1) is 11.8 Å². The Morgan fingerprint density at radius 3 is 2.38 bits per heavy atom. The largest absolute Gasteiger partial charge is 0.481 e. The van der Waals surface area contributed by atoms with Gasteiger partial charge in [0.2, 0.25) is 5.91 Å². The number of nitrogens with two attached hydrogens (primary N) is 1. The first-order valence-corrected chi connectivity index (χ1v) is 5.63. The predicted octanol–water partition coefficient (Wildman–Crippen LogP) is -0.0972. The summed E-state index contributed by atoms with van der Waals surface area (Å²) < 4.78 is 0. The third-order valence-electron chi connectivity index (χ3n) is 3.90. The number of amides is 1. The smallest absolute Gasteiger partial charge is 0.307 e. The zero-order valence-electron chi connectivity index (χ0n) is 9.64. The van der Waals surface area contributed by atoms with E-state index in [-0.39, 0.29) is 17.9 Å². The fourth-order valence-corrected chi connectivity index (χ4v) is 2.74. The molecule has 3 atom stereocenters. The molecule has 0 radical (unpaired) electrons. The fraction of sp³-hybridized carbons (Fsp3) is 0.818. The summed E-state index contributed by atoms with van der Waals surface area (Å²) in [4.78, 5) is 24.8. The van der Waals surface area contributed by atoms with Gasteiger partial charge in [0.15, 0.2) is 0 Å². The first-order valence-electron chi connectivity index (χ1n) is 5.63. The highest BCUT2D eigenvalue weighted by Crippen LogP contribution is 2.59. The maximum absolute atomic E-state index is 12.1. The first kappa shape index (κ1) is 11.4. The van der Waals surface area contributed by atoms with Crippen LogP contribution < -0.4 is 5.73 Å². The van der Waals surface area contributed by atoms with E-state index >= 15 is 0 Å². The highest BCUT2D eigenvalue weighted by Gasteiger charge is 2.66. The average molecular weight is 226 g/mol. The highest BCUT2D eigenvalue weighted by atomic mass is 16.4. The zero-order valence-corrected chi connectivity index (χ0v) is 9.64. The van der Waals surface area contributed by atoms with Gasteiger partial charge in [-0.1, -0.05) is 13.8 Å². The predicted molar refractivity (Wildman–Crippen MR) is 57.6 cm³/mol. The number of hydrogen-bond acceptors (Lipinski definition) is 3. The Bertz CT molecular complexity index is 340. The molecule has 2 aliphatic rings. The molecule has 5 heteroatoms. The van der Waals surface area contributed by atoms with Gasteiger partial charge in [-0.15, -0.1) is 0 Å². The number of rotatable bonds is 2. The molecule has 0 aromatic rings. The molecule has 1 heterocycles. The van der Waals surface area contributed by atoms with Crippen LogP contribution in [0.25, 0.3) is 0 Å². The Balaban J connectivity index is 2.04. The van der Waals surface area contributed by atoms with Crippen molar-refractivity contribution in [3.63, 3.8) is 0 Å². The number of likely N-dealkylation sites (tertiary alicyclic amines) is 1. The molecule has 1 amide bonds. The minimum atomic E-state index is -0.869. The molecule has 1 aliphatic heterocycles. The number of nitrogens with zero attached hydrogens (tertiary/aromatic N) is 1. The Morgan fingerprint density at radius 1 is 1.38 bits per heavy atom. The summed E-state index contributed by atoms with van der Waals surface area (Å²) in [6, 6.07) is 0.0501. The normalized spacial score (nSPS) is 36.2. The number of aliphatic carboxylic acids is 1. The molecule has 16 heavy (non-hydrogen) atoms. The molecule has 5 nitrogen and oxygen atoms in total. The van der Waals surface area contributed by atoms with E-state index in [2.05, 4.69) is 0 Å². The van der Waals surface area contributed by atoms with Crippen molar-refractivity contribution in [1.29, 1.82) is 0 Å². The third kappa shape index (κ3) is 1.59. The van der Waals surface area contributed by atoms with Crippen molar-refractivity contribution in [1.82, 2.24) is 4.90 Å². The Kier molecular flexibility index (Phi) is 2.45. The molecule has 3 N–H and O–H groups in total. The van der Waals surface area contributed by atoms with E-state index in [1.165, 1.54) is 0 Å². The summed E-state index contributed by atoms with van der Waals surface area (Å²) >= 11 is 0. The van der Waals surface area contributed by atoms with Gasteiger partial charge in [0.25, 0.3) is 0 Å². The zero-order chi connectivity index (χ0) is 12.1. The second kappa shape index (κ2) is 3.45. The van der Waals surface area contributed by atoms with E-state index in [0.717, 1.165) is 6.42 Å². The van der Waals surface area contributed by atoms with Gasteiger partial charge in [-0.25, -0.2) is 0 Å². The summed E-state index contributed by atoms with van der Waals surface area (Å²) in [5, 5.41) is 9.01.